The number of benzene rings is 3. The molecule has 3 aromatic rings. The smallest absolute Gasteiger partial charge is 0.335 e. The molecule has 188 valence electrons. The lowest BCUT2D eigenvalue weighted by molar-refractivity contribution is -0.122. The van der Waals surface area contributed by atoms with E-state index >= 15 is 0 Å². The van der Waals surface area contributed by atoms with Gasteiger partial charge >= 0.3 is 6.03 Å². The number of methoxy groups -OCH3 is 1. The van der Waals surface area contributed by atoms with Crippen LogP contribution in [0.3, 0.4) is 0 Å². The summed E-state index contributed by atoms with van der Waals surface area (Å²) in [5, 5.41) is 2.22. The molecule has 1 heterocycles. The van der Waals surface area contributed by atoms with Gasteiger partial charge in [-0.15, -0.1) is 0 Å². The zero-order valence-electron chi connectivity index (χ0n) is 19.9. The lowest BCUT2D eigenvalue weighted by Crippen LogP contribution is -2.54. The molecule has 1 aliphatic heterocycles. The summed E-state index contributed by atoms with van der Waals surface area (Å²) < 4.78 is 17.6. The second-order valence-electron chi connectivity index (χ2n) is 7.88. The number of halogens is 1. The molecule has 0 aliphatic carbocycles. The standard InChI is InChI=1S/C28H23BrN2O6/c1-3-14-36-24-13-6-19(16-25(24)35-2)15-23-26(32)30-28(34)31(27(23)33)21-9-11-22(12-10-21)37-17-18-4-7-20(29)8-5-18/h3-13,15-16H,1,14,17H2,2H3,(H,30,32,34)/b23-15+. The Morgan fingerprint density at radius 1 is 0.946 bits per heavy atom. The number of urea groups is 1. The highest BCUT2D eigenvalue weighted by molar-refractivity contribution is 9.10. The Morgan fingerprint density at radius 3 is 2.35 bits per heavy atom. The average Bonchev–Trinajstić information content (AvgIpc) is 2.90. The number of carbonyl (C=O) groups is 3. The molecule has 9 heteroatoms. The Balaban J connectivity index is 1.52. The Kier molecular flexibility index (Phi) is 8.05. The Labute approximate surface area is 222 Å². The fourth-order valence-corrected chi connectivity index (χ4v) is 3.80. The number of rotatable bonds is 9. The SMILES string of the molecule is C=CCOc1ccc(/C=C2\C(=O)NC(=O)N(c3ccc(OCc4ccc(Br)cc4)cc3)C2=O)cc1OC. The zero-order chi connectivity index (χ0) is 26.4. The van der Waals surface area contributed by atoms with Crippen molar-refractivity contribution >= 4 is 45.5 Å². The van der Waals surface area contributed by atoms with Gasteiger partial charge in [-0.05, 0) is 65.7 Å². The normalized spacial score (nSPS) is 14.4. The van der Waals surface area contributed by atoms with Crippen molar-refractivity contribution in [2.24, 2.45) is 0 Å². The maximum Gasteiger partial charge on any atom is 0.335 e. The Hall–Kier alpha value is -4.37. The van der Waals surface area contributed by atoms with Gasteiger partial charge in [0.15, 0.2) is 11.5 Å². The molecule has 8 nitrogen and oxygen atoms in total. The summed E-state index contributed by atoms with van der Waals surface area (Å²) in [5.74, 6) is -0.0566. The van der Waals surface area contributed by atoms with Crippen LogP contribution >= 0.6 is 15.9 Å². The van der Waals surface area contributed by atoms with Crippen LogP contribution in [0.15, 0.2) is 89.4 Å². The highest BCUT2D eigenvalue weighted by atomic mass is 79.9. The Morgan fingerprint density at radius 2 is 1.68 bits per heavy atom. The first-order chi connectivity index (χ1) is 17.9. The van der Waals surface area contributed by atoms with E-state index in [1.165, 1.54) is 13.2 Å². The van der Waals surface area contributed by atoms with E-state index in [1.807, 2.05) is 24.3 Å². The van der Waals surface area contributed by atoms with Crippen LogP contribution in [0.1, 0.15) is 11.1 Å². The summed E-state index contributed by atoms with van der Waals surface area (Å²) in [6.45, 7) is 4.27. The number of imide groups is 2. The van der Waals surface area contributed by atoms with Crippen LogP contribution in [-0.2, 0) is 16.2 Å². The highest BCUT2D eigenvalue weighted by Gasteiger charge is 2.36. The Bertz CT molecular complexity index is 1370. The third-order valence-electron chi connectivity index (χ3n) is 5.37. The first kappa shape index (κ1) is 25.7. The summed E-state index contributed by atoms with van der Waals surface area (Å²) in [5.41, 5.74) is 1.61. The first-order valence-electron chi connectivity index (χ1n) is 11.2. The number of ether oxygens (including phenoxy) is 3. The van der Waals surface area contributed by atoms with Crippen LogP contribution in [0, 0.1) is 0 Å². The number of nitrogens with one attached hydrogen (secondary N) is 1. The van der Waals surface area contributed by atoms with Crippen LogP contribution in [0.2, 0.25) is 0 Å². The molecule has 4 amide bonds. The quantitative estimate of drug-likeness (QED) is 0.217. The van der Waals surface area contributed by atoms with Crippen LogP contribution in [0.5, 0.6) is 17.2 Å². The number of carbonyl (C=O) groups excluding carboxylic acids is 3. The summed E-state index contributed by atoms with van der Waals surface area (Å²) in [4.78, 5) is 39.2. The van der Waals surface area contributed by atoms with E-state index in [4.69, 9.17) is 14.2 Å². The van der Waals surface area contributed by atoms with Crippen LogP contribution in [0.4, 0.5) is 10.5 Å². The third kappa shape index (κ3) is 6.07. The third-order valence-corrected chi connectivity index (χ3v) is 5.90. The minimum atomic E-state index is -0.832. The maximum atomic E-state index is 13.2. The molecule has 0 aromatic heterocycles. The van der Waals surface area contributed by atoms with Crippen molar-refractivity contribution < 1.29 is 28.6 Å². The van der Waals surface area contributed by atoms with Crippen molar-refractivity contribution in [3.8, 4) is 17.2 Å². The number of amides is 4. The van der Waals surface area contributed by atoms with Crippen LogP contribution in [0.25, 0.3) is 6.08 Å². The molecule has 3 aromatic carbocycles. The minimum Gasteiger partial charge on any atom is -0.493 e. The minimum absolute atomic E-state index is 0.197. The molecule has 0 saturated carbocycles. The van der Waals surface area contributed by atoms with E-state index in [0.29, 0.717) is 41.7 Å². The van der Waals surface area contributed by atoms with Gasteiger partial charge in [-0.25, -0.2) is 9.69 Å². The summed E-state index contributed by atoms with van der Waals surface area (Å²) in [6, 6.07) is 18.3. The zero-order valence-corrected chi connectivity index (χ0v) is 21.5. The predicted octanol–water partition coefficient (Wildman–Crippen LogP) is 5.27. The van der Waals surface area contributed by atoms with Gasteiger partial charge < -0.3 is 14.2 Å². The molecule has 0 unspecified atom stereocenters. The number of hydrogen-bond acceptors (Lipinski definition) is 6. The highest BCUT2D eigenvalue weighted by Crippen LogP contribution is 2.30. The lowest BCUT2D eigenvalue weighted by Gasteiger charge is -2.26. The van der Waals surface area contributed by atoms with Gasteiger partial charge in [0.05, 0.1) is 12.8 Å². The van der Waals surface area contributed by atoms with E-state index in [1.54, 1.807) is 48.5 Å². The topological polar surface area (TPSA) is 94.2 Å². The number of nitrogens with zero attached hydrogens (tertiary/aromatic N) is 1. The van der Waals surface area contributed by atoms with Gasteiger partial charge in [-0.3, -0.25) is 14.9 Å². The van der Waals surface area contributed by atoms with Crippen molar-refractivity contribution in [1.29, 1.82) is 0 Å². The second kappa shape index (κ2) is 11.6. The summed E-state index contributed by atoms with van der Waals surface area (Å²) in [6.07, 6.45) is 3.00. The number of barbiturate groups is 1. The van der Waals surface area contributed by atoms with E-state index in [2.05, 4.69) is 27.8 Å². The monoisotopic (exact) mass is 562 g/mol. The van der Waals surface area contributed by atoms with Gasteiger partial charge in [-0.1, -0.05) is 46.8 Å². The molecule has 4 rings (SSSR count). The second-order valence-corrected chi connectivity index (χ2v) is 8.79. The first-order valence-corrected chi connectivity index (χ1v) is 12.0. The van der Waals surface area contributed by atoms with Gasteiger partial charge in [-0.2, -0.15) is 0 Å². The van der Waals surface area contributed by atoms with E-state index < -0.39 is 17.8 Å². The average molecular weight is 563 g/mol. The van der Waals surface area contributed by atoms with Crippen molar-refractivity contribution in [2.75, 3.05) is 18.6 Å². The maximum absolute atomic E-state index is 13.2. The predicted molar refractivity (Wildman–Crippen MR) is 143 cm³/mol. The molecule has 1 aliphatic rings. The van der Waals surface area contributed by atoms with Gasteiger partial charge in [0.25, 0.3) is 11.8 Å². The van der Waals surface area contributed by atoms with Crippen molar-refractivity contribution in [2.45, 2.75) is 6.61 Å². The molecule has 0 spiro atoms. The van der Waals surface area contributed by atoms with Gasteiger partial charge in [0.2, 0.25) is 0 Å². The fourth-order valence-electron chi connectivity index (χ4n) is 3.54. The van der Waals surface area contributed by atoms with E-state index in [-0.39, 0.29) is 5.57 Å². The van der Waals surface area contributed by atoms with Crippen molar-refractivity contribution in [1.82, 2.24) is 5.32 Å². The van der Waals surface area contributed by atoms with E-state index in [9.17, 15) is 14.4 Å². The molecule has 0 bridgehead atoms. The van der Waals surface area contributed by atoms with Crippen molar-refractivity contribution in [3.63, 3.8) is 0 Å². The lowest BCUT2D eigenvalue weighted by atomic mass is 10.1. The van der Waals surface area contributed by atoms with E-state index in [0.717, 1.165) is 14.9 Å². The summed E-state index contributed by atoms with van der Waals surface area (Å²) in [7, 11) is 1.48. The molecule has 0 atom stereocenters. The molecular weight excluding hydrogens is 540 g/mol. The van der Waals surface area contributed by atoms with Crippen molar-refractivity contribution in [3.05, 3.63) is 101 Å². The van der Waals surface area contributed by atoms with Crippen LogP contribution in [-0.4, -0.2) is 31.6 Å². The molecule has 1 N–H and O–H groups in total. The molecule has 0 radical (unpaired) electrons. The van der Waals surface area contributed by atoms with Gasteiger partial charge in [0.1, 0.15) is 24.5 Å². The molecule has 1 saturated heterocycles. The largest absolute Gasteiger partial charge is 0.493 e. The summed E-state index contributed by atoms with van der Waals surface area (Å²) >= 11 is 3.40. The fraction of sp³-hybridized carbons (Fsp3) is 0.107. The van der Waals surface area contributed by atoms with Gasteiger partial charge in [0, 0.05) is 4.47 Å². The van der Waals surface area contributed by atoms with Crippen LogP contribution < -0.4 is 24.4 Å². The number of anilines is 1. The number of hydrogen-bond donors (Lipinski definition) is 1. The molecule has 1 fully saturated rings. The molecule has 37 heavy (non-hydrogen) atoms. The molecular formula is C28H23BrN2O6.